The Balaban J connectivity index is 1.72. The average molecular weight is 527 g/mol. The summed E-state index contributed by atoms with van der Waals surface area (Å²) in [6.07, 6.45) is -3.60. The number of thiazole rings is 1. The third-order valence-corrected chi connectivity index (χ3v) is 6.71. The number of hydrogen-bond acceptors (Lipinski definition) is 6. The van der Waals surface area contributed by atoms with Crippen LogP contribution in [0.1, 0.15) is 28.9 Å². The van der Waals surface area contributed by atoms with E-state index < -0.39 is 11.7 Å². The third-order valence-electron chi connectivity index (χ3n) is 5.06. The first-order chi connectivity index (χ1) is 16.1. The minimum atomic E-state index is -4.42. The van der Waals surface area contributed by atoms with Crippen LogP contribution in [-0.2, 0) is 19.0 Å². The first-order valence-corrected chi connectivity index (χ1v) is 11.9. The molecule has 0 aliphatic heterocycles. The highest BCUT2D eigenvalue weighted by Crippen LogP contribution is 2.34. The van der Waals surface area contributed by atoms with E-state index in [1.165, 1.54) is 23.5 Å². The number of alkyl halides is 3. The lowest BCUT2D eigenvalue weighted by Crippen LogP contribution is -2.09. The maximum atomic E-state index is 12.9. The fourth-order valence-corrected chi connectivity index (χ4v) is 4.77. The molecule has 4 aromatic rings. The largest absolute Gasteiger partial charge is 0.416 e. The summed E-state index contributed by atoms with van der Waals surface area (Å²) in [4.78, 5) is 14.4. The number of nitrogens with one attached hydrogen (secondary N) is 1. The van der Waals surface area contributed by atoms with Gasteiger partial charge in [0, 0.05) is 35.2 Å². The topological polar surface area (TPSA) is 70.9 Å². The maximum absolute atomic E-state index is 12.9. The normalized spacial score (nSPS) is 12.8. The maximum Gasteiger partial charge on any atom is 0.416 e. The van der Waals surface area contributed by atoms with E-state index in [1.54, 1.807) is 18.2 Å². The first kappa shape index (κ1) is 24.7. The molecule has 11 heteroatoms. The molecule has 178 valence electrons. The van der Waals surface area contributed by atoms with Crippen LogP contribution in [0.4, 0.5) is 24.7 Å². The number of aliphatic hydroxyl groups excluding tert-OH is 1. The van der Waals surface area contributed by atoms with Crippen LogP contribution in [0, 0.1) is 5.92 Å². The molecule has 2 N–H and O–H groups in total. The summed E-state index contributed by atoms with van der Waals surface area (Å²) >= 11 is 14.0. The van der Waals surface area contributed by atoms with E-state index in [0.717, 1.165) is 17.7 Å². The number of benzene rings is 2. The molecular formula is C23H19Cl2F3N4OS. The second-order valence-corrected chi connectivity index (χ2v) is 9.70. The van der Waals surface area contributed by atoms with Crippen molar-refractivity contribution >= 4 is 56.4 Å². The van der Waals surface area contributed by atoms with Crippen molar-refractivity contribution in [1.82, 2.24) is 15.0 Å². The number of halogens is 5. The van der Waals surface area contributed by atoms with Gasteiger partial charge >= 0.3 is 6.18 Å². The van der Waals surface area contributed by atoms with Crippen molar-refractivity contribution in [2.75, 3.05) is 11.9 Å². The molecule has 34 heavy (non-hydrogen) atoms. The Hall–Kier alpha value is -2.46. The molecule has 2 aromatic heterocycles. The van der Waals surface area contributed by atoms with E-state index >= 15 is 0 Å². The Labute approximate surface area is 207 Å². The molecule has 0 spiro atoms. The highest BCUT2D eigenvalue weighted by atomic mass is 35.5. The monoisotopic (exact) mass is 526 g/mol. The van der Waals surface area contributed by atoms with Crippen LogP contribution in [0.5, 0.6) is 0 Å². The molecule has 0 bridgehead atoms. The average Bonchev–Trinajstić information content (AvgIpc) is 3.19. The van der Waals surface area contributed by atoms with Crippen LogP contribution < -0.4 is 5.32 Å². The van der Waals surface area contributed by atoms with E-state index in [4.69, 9.17) is 23.2 Å². The van der Waals surface area contributed by atoms with Gasteiger partial charge in [-0.05, 0) is 47.9 Å². The Bertz CT molecular complexity index is 1290. The van der Waals surface area contributed by atoms with Gasteiger partial charge in [-0.2, -0.15) is 13.2 Å². The second kappa shape index (κ2) is 10.0. The summed E-state index contributed by atoms with van der Waals surface area (Å²) in [6, 6.07) is 9.94. The zero-order valence-corrected chi connectivity index (χ0v) is 20.2. The van der Waals surface area contributed by atoms with Crippen molar-refractivity contribution in [3.05, 3.63) is 74.5 Å². The number of rotatable bonds is 7. The van der Waals surface area contributed by atoms with E-state index in [0.29, 0.717) is 55.6 Å². The van der Waals surface area contributed by atoms with E-state index in [1.807, 2.05) is 6.92 Å². The van der Waals surface area contributed by atoms with Gasteiger partial charge in [0.25, 0.3) is 0 Å². The molecule has 0 aliphatic rings. The number of aliphatic hydroxyl groups is 1. The lowest BCUT2D eigenvalue weighted by atomic mass is 10.1. The van der Waals surface area contributed by atoms with Crippen molar-refractivity contribution in [3.8, 4) is 0 Å². The zero-order chi connectivity index (χ0) is 24.5. The van der Waals surface area contributed by atoms with Crippen LogP contribution >= 0.6 is 34.5 Å². The van der Waals surface area contributed by atoms with Gasteiger partial charge in [0.2, 0.25) is 0 Å². The minimum Gasteiger partial charge on any atom is -0.396 e. The molecule has 4 rings (SSSR count). The van der Waals surface area contributed by atoms with E-state index in [-0.39, 0.29) is 12.5 Å². The smallest absolute Gasteiger partial charge is 0.396 e. The van der Waals surface area contributed by atoms with Gasteiger partial charge in [-0.1, -0.05) is 47.5 Å². The number of anilines is 2. The number of nitrogens with zero attached hydrogens (tertiary/aromatic N) is 3. The molecule has 0 amide bonds. The molecule has 2 heterocycles. The van der Waals surface area contributed by atoms with Gasteiger partial charge < -0.3 is 10.4 Å². The van der Waals surface area contributed by atoms with Gasteiger partial charge in [-0.3, -0.25) is 0 Å². The third kappa shape index (κ3) is 5.60. The SMILES string of the molecule is CC(CO)Cc1nc(Nc2ccc(C(F)(F)F)cc2)c2nc(Cc3c(Cl)cccc3Cl)sc2n1. The summed E-state index contributed by atoms with van der Waals surface area (Å²) in [7, 11) is 0. The Morgan fingerprint density at radius 3 is 2.32 bits per heavy atom. The molecule has 2 aromatic carbocycles. The van der Waals surface area contributed by atoms with Crippen molar-refractivity contribution in [2.45, 2.75) is 25.9 Å². The van der Waals surface area contributed by atoms with Crippen molar-refractivity contribution in [3.63, 3.8) is 0 Å². The molecule has 0 aliphatic carbocycles. The Morgan fingerprint density at radius 1 is 1.03 bits per heavy atom. The standard InChI is InChI=1S/C23H19Cl2F3N4OS/c1-12(11-33)9-18-30-21(29-14-7-5-13(6-8-14)23(26,27)28)20-22(31-18)34-19(32-20)10-15-16(24)3-2-4-17(15)25/h2-8,12,33H,9-11H2,1H3,(H,29,30,31). The lowest BCUT2D eigenvalue weighted by molar-refractivity contribution is -0.137. The Kier molecular flexibility index (Phi) is 7.28. The first-order valence-electron chi connectivity index (χ1n) is 10.3. The van der Waals surface area contributed by atoms with Crippen LogP contribution in [0.25, 0.3) is 10.3 Å². The summed E-state index contributed by atoms with van der Waals surface area (Å²) in [5.74, 6) is 0.804. The van der Waals surface area contributed by atoms with Gasteiger partial charge in [0.15, 0.2) is 5.82 Å². The molecule has 0 fully saturated rings. The van der Waals surface area contributed by atoms with Crippen LogP contribution in [0.3, 0.4) is 0 Å². The van der Waals surface area contributed by atoms with Crippen molar-refractivity contribution in [1.29, 1.82) is 0 Å². The van der Waals surface area contributed by atoms with E-state index in [9.17, 15) is 18.3 Å². The van der Waals surface area contributed by atoms with Crippen LogP contribution in [0.2, 0.25) is 10.0 Å². The number of fused-ring (bicyclic) bond motifs is 1. The number of aromatic nitrogens is 3. The molecule has 0 saturated carbocycles. The van der Waals surface area contributed by atoms with Gasteiger partial charge in [-0.15, -0.1) is 0 Å². The quantitative estimate of drug-likeness (QED) is 0.273. The molecule has 1 unspecified atom stereocenters. The summed E-state index contributed by atoms with van der Waals surface area (Å²) < 4.78 is 38.7. The van der Waals surface area contributed by atoms with Crippen LogP contribution in [0.15, 0.2) is 42.5 Å². The molecule has 1 atom stereocenters. The predicted molar refractivity (Wildman–Crippen MR) is 129 cm³/mol. The predicted octanol–water partition coefficient (Wildman–Crippen LogP) is 6.92. The zero-order valence-electron chi connectivity index (χ0n) is 17.8. The van der Waals surface area contributed by atoms with Gasteiger partial charge in [0.05, 0.1) is 5.56 Å². The van der Waals surface area contributed by atoms with Gasteiger partial charge in [0.1, 0.15) is 21.2 Å². The van der Waals surface area contributed by atoms with Gasteiger partial charge in [-0.25, -0.2) is 15.0 Å². The Morgan fingerprint density at radius 2 is 1.71 bits per heavy atom. The summed E-state index contributed by atoms with van der Waals surface area (Å²) in [5, 5.41) is 14.3. The highest BCUT2D eigenvalue weighted by Gasteiger charge is 2.30. The molecule has 5 nitrogen and oxygen atoms in total. The fraction of sp³-hybridized carbons (Fsp3) is 0.261. The second-order valence-electron chi connectivity index (χ2n) is 7.82. The fourth-order valence-electron chi connectivity index (χ4n) is 3.27. The number of hydrogen-bond donors (Lipinski definition) is 2. The van der Waals surface area contributed by atoms with Crippen molar-refractivity contribution in [2.24, 2.45) is 5.92 Å². The lowest BCUT2D eigenvalue weighted by Gasteiger charge is -2.11. The van der Waals surface area contributed by atoms with E-state index in [2.05, 4.69) is 20.3 Å². The molecule has 0 saturated heterocycles. The minimum absolute atomic E-state index is 0.0258. The van der Waals surface area contributed by atoms with Crippen LogP contribution in [-0.4, -0.2) is 26.7 Å². The molecule has 0 radical (unpaired) electrons. The summed E-state index contributed by atoms with van der Waals surface area (Å²) in [5.41, 5.74) is 0.918. The van der Waals surface area contributed by atoms with Crippen molar-refractivity contribution < 1.29 is 18.3 Å². The summed E-state index contributed by atoms with van der Waals surface area (Å²) in [6.45, 7) is 1.84. The molecular weight excluding hydrogens is 508 g/mol. The highest BCUT2D eigenvalue weighted by molar-refractivity contribution is 7.18.